The second-order valence-electron chi connectivity index (χ2n) is 4.06. The summed E-state index contributed by atoms with van der Waals surface area (Å²) in [6, 6.07) is 2.20. The molecular weight excluding hydrogens is 253 g/mol. The van der Waals surface area contributed by atoms with Gasteiger partial charge in [-0.3, -0.25) is 4.68 Å². The molecule has 0 atom stereocenters. The molecule has 0 saturated heterocycles. The second kappa shape index (κ2) is 3.91. The van der Waals surface area contributed by atoms with Crippen LogP contribution in [-0.2, 0) is 6.18 Å². The minimum absolute atomic E-state index is 0.0143. The summed E-state index contributed by atoms with van der Waals surface area (Å²) in [4.78, 5) is 0. The van der Waals surface area contributed by atoms with Gasteiger partial charge in [-0.15, -0.1) is 0 Å². The molecule has 0 bridgehead atoms. The van der Waals surface area contributed by atoms with Crippen LogP contribution in [0.3, 0.4) is 0 Å². The molecule has 0 N–H and O–H groups in total. The third-order valence-corrected chi connectivity index (χ3v) is 2.80. The Kier molecular flexibility index (Phi) is 2.81. The van der Waals surface area contributed by atoms with Gasteiger partial charge in [-0.2, -0.15) is 18.3 Å². The van der Waals surface area contributed by atoms with E-state index in [9.17, 15) is 13.2 Å². The Morgan fingerprint density at radius 1 is 1.29 bits per heavy atom. The molecule has 1 heterocycles. The van der Waals surface area contributed by atoms with Crippen molar-refractivity contribution >= 4 is 22.5 Å². The summed E-state index contributed by atoms with van der Waals surface area (Å²) in [7, 11) is 0. The van der Waals surface area contributed by atoms with Gasteiger partial charge in [0.15, 0.2) is 0 Å². The number of hydrogen-bond donors (Lipinski definition) is 0. The van der Waals surface area contributed by atoms with Crippen LogP contribution in [0.2, 0.25) is 5.02 Å². The highest BCUT2D eigenvalue weighted by Gasteiger charge is 2.34. The largest absolute Gasteiger partial charge is 0.418 e. The van der Waals surface area contributed by atoms with Crippen molar-refractivity contribution in [2.75, 3.05) is 0 Å². The summed E-state index contributed by atoms with van der Waals surface area (Å²) in [5.74, 6) is 0. The van der Waals surface area contributed by atoms with Crippen LogP contribution >= 0.6 is 11.6 Å². The van der Waals surface area contributed by atoms with Crippen LogP contribution < -0.4 is 0 Å². The first-order chi connectivity index (χ1) is 7.80. The fraction of sp³-hybridized carbons (Fsp3) is 0.364. The zero-order valence-electron chi connectivity index (χ0n) is 9.22. The molecule has 2 rings (SSSR count). The second-order valence-corrected chi connectivity index (χ2v) is 4.47. The summed E-state index contributed by atoms with van der Waals surface area (Å²) in [6.45, 7) is 3.68. The zero-order chi connectivity index (χ0) is 12.8. The molecule has 0 radical (unpaired) electrons. The maximum absolute atomic E-state index is 12.8. The summed E-state index contributed by atoms with van der Waals surface area (Å²) in [6.07, 6.45) is -2.88. The molecule has 0 spiro atoms. The van der Waals surface area contributed by atoms with Crippen molar-refractivity contribution in [3.8, 4) is 0 Å². The van der Waals surface area contributed by atoms with Gasteiger partial charge in [0.1, 0.15) is 5.52 Å². The lowest BCUT2D eigenvalue weighted by Crippen LogP contribution is -2.06. The Morgan fingerprint density at radius 3 is 2.47 bits per heavy atom. The number of rotatable bonds is 1. The van der Waals surface area contributed by atoms with Crippen LogP contribution in [0.5, 0.6) is 0 Å². The lowest BCUT2D eigenvalue weighted by Gasteiger charge is -2.07. The van der Waals surface area contributed by atoms with E-state index in [1.165, 1.54) is 16.9 Å². The lowest BCUT2D eigenvalue weighted by molar-refractivity contribution is -0.136. The number of aromatic nitrogens is 2. The monoisotopic (exact) mass is 262 g/mol. The quantitative estimate of drug-likeness (QED) is 0.750. The third kappa shape index (κ3) is 2.11. The molecule has 0 unspecified atom stereocenters. The van der Waals surface area contributed by atoms with Gasteiger partial charge >= 0.3 is 6.18 Å². The minimum Gasteiger partial charge on any atom is -0.269 e. The number of benzene rings is 1. The molecule has 1 aromatic carbocycles. The Bertz CT molecular complexity index is 558. The minimum atomic E-state index is -4.42. The number of halogens is 4. The van der Waals surface area contributed by atoms with Crippen molar-refractivity contribution in [1.29, 1.82) is 0 Å². The van der Waals surface area contributed by atoms with Crippen LogP contribution in [0.15, 0.2) is 18.3 Å². The van der Waals surface area contributed by atoms with Gasteiger partial charge in [0.05, 0.1) is 10.6 Å². The Balaban J connectivity index is 2.76. The Labute approximate surface area is 101 Å². The van der Waals surface area contributed by atoms with E-state index in [2.05, 4.69) is 5.10 Å². The van der Waals surface area contributed by atoms with E-state index in [0.29, 0.717) is 5.39 Å². The molecule has 0 saturated carbocycles. The molecule has 0 amide bonds. The highest BCUT2D eigenvalue weighted by molar-refractivity contribution is 6.35. The van der Waals surface area contributed by atoms with Crippen molar-refractivity contribution in [1.82, 2.24) is 9.78 Å². The van der Waals surface area contributed by atoms with E-state index in [1.807, 2.05) is 13.8 Å². The van der Waals surface area contributed by atoms with E-state index >= 15 is 0 Å². The highest BCUT2D eigenvalue weighted by Crippen LogP contribution is 2.36. The van der Waals surface area contributed by atoms with Gasteiger partial charge in [0.2, 0.25) is 0 Å². The molecule has 0 aliphatic carbocycles. The fourth-order valence-electron chi connectivity index (χ4n) is 1.58. The number of fused-ring (bicyclic) bond motifs is 1. The summed E-state index contributed by atoms with van der Waals surface area (Å²) < 4.78 is 39.8. The first-order valence-electron chi connectivity index (χ1n) is 5.05. The van der Waals surface area contributed by atoms with Crippen molar-refractivity contribution in [2.45, 2.75) is 26.1 Å². The Hall–Kier alpha value is -1.23. The van der Waals surface area contributed by atoms with Crippen molar-refractivity contribution in [3.05, 3.63) is 28.9 Å². The van der Waals surface area contributed by atoms with E-state index in [-0.39, 0.29) is 16.6 Å². The molecule has 1 aromatic heterocycles. The normalized spacial score (nSPS) is 12.6. The number of nitrogens with zero attached hydrogens (tertiary/aromatic N) is 2. The zero-order valence-corrected chi connectivity index (χ0v) is 9.97. The smallest absolute Gasteiger partial charge is 0.269 e. The van der Waals surface area contributed by atoms with Gasteiger partial charge in [-0.05, 0) is 26.0 Å². The first-order valence-corrected chi connectivity index (χ1v) is 5.43. The molecule has 0 aliphatic rings. The molecule has 17 heavy (non-hydrogen) atoms. The summed E-state index contributed by atoms with van der Waals surface area (Å²) >= 11 is 5.88. The van der Waals surface area contributed by atoms with Gasteiger partial charge in [0.25, 0.3) is 0 Å². The predicted molar refractivity (Wildman–Crippen MR) is 60.1 cm³/mol. The fourth-order valence-corrected chi connectivity index (χ4v) is 1.79. The highest BCUT2D eigenvalue weighted by atomic mass is 35.5. The topological polar surface area (TPSA) is 17.8 Å². The van der Waals surface area contributed by atoms with E-state index < -0.39 is 11.7 Å². The van der Waals surface area contributed by atoms with E-state index in [1.54, 1.807) is 0 Å². The van der Waals surface area contributed by atoms with Crippen molar-refractivity contribution in [2.24, 2.45) is 0 Å². The first kappa shape index (κ1) is 12.2. The molecule has 2 aromatic rings. The van der Waals surface area contributed by atoms with Crippen molar-refractivity contribution in [3.63, 3.8) is 0 Å². The molecule has 92 valence electrons. The maximum atomic E-state index is 12.8. The van der Waals surface area contributed by atoms with Crippen molar-refractivity contribution < 1.29 is 13.2 Å². The average Bonchev–Trinajstić information content (AvgIpc) is 2.61. The van der Waals surface area contributed by atoms with E-state index in [0.717, 1.165) is 6.07 Å². The SMILES string of the molecule is CC(C)n1cc2c(Cl)ccc(C(F)(F)F)c2n1. The van der Waals surface area contributed by atoms with Crippen LogP contribution in [-0.4, -0.2) is 9.78 Å². The summed E-state index contributed by atoms with van der Waals surface area (Å²) in [5, 5.41) is 4.56. The number of alkyl halides is 3. The molecular formula is C11H10ClF3N2. The van der Waals surface area contributed by atoms with Gasteiger partial charge < -0.3 is 0 Å². The van der Waals surface area contributed by atoms with Crippen LogP contribution in [0.1, 0.15) is 25.5 Å². The van der Waals surface area contributed by atoms with Crippen LogP contribution in [0.25, 0.3) is 10.9 Å². The lowest BCUT2D eigenvalue weighted by atomic mass is 10.1. The summed E-state index contributed by atoms with van der Waals surface area (Å²) in [5.41, 5.74) is -0.852. The average molecular weight is 263 g/mol. The molecule has 0 aliphatic heterocycles. The molecule has 0 fully saturated rings. The van der Waals surface area contributed by atoms with E-state index in [4.69, 9.17) is 11.6 Å². The van der Waals surface area contributed by atoms with Gasteiger partial charge in [0, 0.05) is 17.6 Å². The van der Waals surface area contributed by atoms with Crippen LogP contribution in [0.4, 0.5) is 13.2 Å². The van der Waals surface area contributed by atoms with Crippen LogP contribution in [0, 0.1) is 0 Å². The maximum Gasteiger partial charge on any atom is 0.418 e. The standard InChI is InChI=1S/C11H10ClF3N2/c1-6(2)17-5-7-9(12)4-3-8(10(7)16-17)11(13,14)15/h3-6H,1-2H3. The van der Waals surface area contributed by atoms with Gasteiger partial charge in [-0.1, -0.05) is 11.6 Å². The third-order valence-electron chi connectivity index (χ3n) is 2.48. The molecule has 2 nitrogen and oxygen atoms in total. The molecule has 6 heteroatoms. The van der Waals surface area contributed by atoms with Gasteiger partial charge in [-0.25, -0.2) is 0 Å². The predicted octanol–water partition coefficient (Wildman–Crippen LogP) is 4.29. The Morgan fingerprint density at radius 2 is 1.94 bits per heavy atom. The number of hydrogen-bond acceptors (Lipinski definition) is 1.